The average Bonchev–Trinajstić information content (AvgIpc) is 2.83. The lowest BCUT2D eigenvalue weighted by Gasteiger charge is -2.27. The number of thiophene rings is 1. The second kappa shape index (κ2) is 6.94. The number of carbonyl (C=O) groups excluding carboxylic acids is 1. The van der Waals surface area contributed by atoms with E-state index in [2.05, 4.69) is 23.7 Å². The van der Waals surface area contributed by atoms with E-state index in [4.69, 9.17) is 0 Å². The van der Waals surface area contributed by atoms with Gasteiger partial charge in [-0.2, -0.15) is 0 Å². The van der Waals surface area contributed by atoms with Gasteiger partial charge in [0, 0.05) is 18.0 Å². The van der Waals surface area contributed by atoms with Gasteiger partial charge in [-0.25, -0.2) is 4.79 Å². The molecule has 1 fully saturated rings. The number of urea groups is 1. The predicted octanol–water partition coefficient (Wildman–Crippen LogP) is 4.17. The van der Waals surface area contributed by atoms with Crippen LogP contribution in [0, 0.1) is 0 Å². The fourth-order valence-corrected chi connectivity index (χ4v) is 3.42. The summed E-state index contributed by atoms with van der Waals surface area (Å²) in [6.07, 6.45) is 7.38. The summed E-state index contributed by atoms with van der Waals surface area (Å²) in [4.78, 5) is 15.3. The zero-order chi connectivity index (χ0) is 13.7. The number of hydrogen-bond donors (Lipinski definition) is 1. The topological polar surface area (TPSA) is 32.3 Å². The van der Waals surface area contributed by atoms with Gasteiger partial charge in [0.1, 0.15) is 0 Å². The van der Waals surface area contributed by atoms with Gasteiger partial charge in [0.15, 0.2) is 0 Å². The van der Waals surface area contributed by atoms with Crippen molar-refractivity contribution < 1.29 is 4.79 Å². The van der Waals surface area contributed by atoms with E-state index < -0.39 is 0 Å². The first-order valence-corrected chi connectivity index (χ1v) is 8.13. The summed E-state index contributed by atoms with van der Waals surface area (Å²) in [7, 11) is 1.89. The molecule has 0 radical (unpaired) electrons. The minimum Gasteiger partial charge on any atom is -0.335 e. The maximum atomic E-state index is 12.3. The summed E-state index contributed by atoms with van der Waals surface area (Å²) < 4.78 is 0. The molecule has 1 heterocycles. The third kappa shape index (κ3) is 3.96. The van der Waals surface area contributed by atoms with Gasteiger partial charge < -0.3 is 10.2 Å². The minimum atomic E-state index is 0.0628. The molecule has 1 aliphatic carbocycles. The Kier molecular flexibility index (Phi) is 5.25. The summed E-state index contributed by atoms with van der Waals surface area (Å²) in [5, 5.41) is 5.25. The molecule has 0 aliphatic heterocycles. The van der Waals surface area contributed by atoms with Gasteiger partial charge in [-0.1, -0.05) is 31.7 Å². The molecule has 3 nitrogen and oxygen atoms in total. The zero-order valence-corrected chi connectivity index (χ0v) is 12.7. The van der Waals surface area contributed by atoms with Crippen LogP contribution in [-0.4, -0.2) is 24.0 Å². The van der Waals surface area contributed by atoms with Crippen LogP contribution in [0.4, 0.5) is 4.79 Å². The van der Waals surface area contributed by atoms with E-state index in [0.29, 0.717) is 6.04 Å². The van der Waals surface area contributed by atoms with Crippen molar-refractivity contribution in [2.24, 2.45) is 0 Å². The van der Waals surface area contributed by atoms with Gasteiger partial charge >= 0.3 is 6.03 Å². The Morgan fingerprint density at radius 2 is 2.05 bits per heavy atom. The SMILES string of the molecule is CC(c1cccs1)N(C)C(=O)NC1CCCCCC1. The number of nitrogens with zero attached hydrogens (tertiary/aromatic N) is 1. The number of hydrogen-bond acceptors (Lipinski definition) is 2. The van der Waals surface area contributed by atoms with Crippen molar-refractivity contribution in [3.8, 4) is 0 Å². The first-order chi connectivity index (χ1) is 9.18. The second-order valence-electron chi connectivity index (χ2n) is 5.44. The van der Waals surface area contributed by atoms with Crippen molar-refractivity contribution in [2.45, 2.75) is 57.5 Å². The van der Waals surface area contributed by atoms with E-state index >= 15 is 0 Å². The molecular weight excluding hydrogens is 256 g/mol. The Labute approximate surface area is 120 Å². The maximum Gasteiger partial charge on any atom is 0.317 e. The molecule has 106 valence electrons. The number of amides is 2. The lowest BCUT2D eigenvalue weighted by atomic mass is 10.1. The third-order valence-corrected chi connectivity index (χ3v) is 5.08. The van der Waals surface area contributed by atoms with Crippen LogP contribution < -0.4 is 5.32 Å². The summed E-state index contributed by atoms with van der Waals surface area (Å²) in [5.74, 6) is 0. The molecule has 0 saturated heterocycles. The highest BCUT2D eigenvalue weighted by Gasteiger charge is 2.21. The number of rotatable bonds is 3. The summed E-state index contributed by atoms with van der Waals surface area (Å²) in [5.41, 5.74) is 0. The Hall–Kier alpha value is -1.03. The summed E-state index contributed by atoms with van der Waals surface area (Å²) in [6, 6.07) is 4.70. The first kappa shape index (κ1) is 14.4. The van der Waals surface area contributed by atoms with Gasteiger partial charge in [0.2, 0.25) is 0 Å². The van der Waals surface area contributed by atoms with Crippen LogP contribution in [0.2, 0.25) is 0 Å². The van der Waals surface area contributed by atoms with Gasteiger partial charge in [0.05, 0.1) is 6.04 Å². The van der Waals surface area contributed by atoms with Crippen LogP contribution in [0.25, 0.3) is 0 Å². The van der Waals surface area contributed by atoms with Crippen molar-refractivity contribution >= 4 is 17.4 Å². The van der Waals surface area contributed by atoms with E-state index in [9.17, 15) is 4.79 Å². The van der Waals surface area contributed by atoms with Crippen LogP contribution in [0.5, 0.6) is 0 Å². The second-order valence-corrected chi connectivity index (χ2v) is 6.42. The molecule has 2 rings (SSSR count). The molecule has 4 heteroatoms. The zero-order valence-electron chi connectivity index (χ0n) is 11.9. The Balaban J connectivity index is 1.87. The number of carbonyl (C=O) groups is 1. The molecule has 0 aromatic carbocycles. The lowest BCUT2D eigenvalue weighted by molar-refractivity contribution is 0.189. The molecule has 1 atom stereocenters. The molecule has 19 heavy (non-hydrogen) atoms. The van der Waals surface area contributed by atoms with Crippen LogP contribution in [-0.2, 0) is 0 Å². The average molecular weight is 280 g/mol. The van der Waals surface area contributed by atoms with Crippen molar-refractivity contribution in [3.63, 3.8) is 0 Å². The Morgan fingerprint density at radius 1 is 1.37 bits per heavy atom. The fraction of sp³-hybridized carbons (Fsp3) is 0.667. The Morgan fingerprint density at radius 3 is 2.63 bits per heavy atom. The normalized spacial score (nSPS) is 18.6. The van der Waals surface area contributed by atoms with Gasteiger partial charge in [0.25, 0.3) is 0 Å². The van der Waals surface area contributed by atoms with E-state index in [1.807, 2.05) is 18.0 Å². The molecule has 1 aliphatic rings. The molecule has 1 N–H and O–H groups in total. The van der Waals surface area contributed by atoms with Crippen LogP contribution in [0.1, 0.15) is 56.4 Å². The summed E-state index contributed by atoms with van der Waals surface area (Å²) in [6.45, 7) is 2.08. The van der Waals surface area contributed by atoms with Gasteiger partial charge in [-0.3, -0.25) is 0 Å². The first-order valence-electron chi connectivity index (χ1n) is 7.25. The monoisotopic (exact) mass is 280 g/mol. The quantitative estimate of drug-likeness (QED) is 0.828. The standard InChI is InChI=1S/C15H24N2OS/c1-12(14-10-7-11-19-14)17(2)15(18)16-13-8-5-3-4-6-9-13/h7,10-13H,3-6,8-9H2,1-2H3,(H,16,18). The molecule has 2 amide bonds. The molecule has 1 aromatic rings. The van der Waals surface area contributed by atoms with E-state index in [1.165, 1.54) is 30.6 Å². The smallest absolute Gasteiger partial charge is 0.317 e. The van der Waals surface area contributed by atoms with E-state index in [0.717, 1.165) is 12.8 Å². The van der Waals surface area contributed by atoms with Crippen LogP contribution in [0.15, 0.2) is 17.5 Å². The molecule has 0 spiro atoms. The fourth-order valence-electron chi connectivity index (χ4n) is 2.60. The van der Waals surface area contributed by atoms with Crippen LogP contribution in [0.3, 0.4) is 0 Å². The highest BCUT2D eigenvalue weighted by atomic mass is 32.1. The van der Waals surface area contributed by atoms with Crippen molar-refractivity contribution in [3.05, 3.63) is 22.4 Å². The van der Waals surface area contributed by atoms with E-state index in [-0.39, 0.29) is 12.1 Å². The molecular formula is C15H24N2OS. The summed E-state index contributed by atoms with van der Waals surface area (Å²) >= 11 is 1.70. The molecule has 1 aromatic heterocycles. The van der Waals surface area contributed by atoms with Crippen molar-refractivity contribution in [1.82, 2.24) is 10.2 Å². The molecule has 1 unspecified atom stereocenters. The third-order valence-electron chi connectivity index (χ3n) is 4.04. The lowest BCUT2D eigenvalue weighted by Crippen LogP contribution is -2.43. The minimum absolute atomic E-state index is 0.0628. The van der Waals surface area contributed by atoms with Crippen molar-refractivity contribution in [1.29, 1.82) is 0 Å². The highest BCUT2D eigenvalue weighted by molar-refractivity contribution is 7.10. The maximum absolute atomic E-state index is 12.3. The largest absolute Gasteiger partial charge is 0.335 e. The van der Waals surface area contributed by atoms with Crippen molar-refractivity contribution in [2.75, 3.05) is 7.05 Å². The number of nitrogens with one attached hydrogen (secondary N) is 1. The highest BCUT2D eigenvalue weighted by Crippen LogP contribution is 2.24. The molecule has 0 bridgehead atoms. The van der Waals surface area contributed by atoms with E-state index in [1.54, 1.807) is 11.3 Å². The van der Waals surface area contributed by atoms with Gasteiger partial charge in [-0.15, -0.1) is 11.3 Å². The van der Waals surface area contributed by atoms with Gasteiger partial charge in [-0.05, 0) is 31.2 Å². The Bertz CT molecular complexity index is 383. The molecule has 1 saturated carbocycles. The van der Waals surface area contributed by atoms with Crippen LogP contribution >= 0.6 is 11.3 Å². The predicted molar refractivity (Wildman–Crippen MR) is 80.5 cm³/mol.